The fourth-order valence-electron chi connectivity index (χ4n) is 3.29. The van der Waals surface area contributed by atoms with Crippen molar-refractivity contribution in [1.82, 2.24) is 10.6 Å². The predicted octanol–water partition coefficient (Wildman–Crippen LogP) is 2.74. The first-order valence-electron chi connectivity index (χ1n) is 8.24. The van der Waals surface area contributed by atoms with Crippen LogP contribution in [0.2, 0.25) is 0 Å². The molecule has 120 valence electrons. The minimum absolute atomic E-state index is 0.144. The van der Waals surface area contributed by atoms with E-state index in [-0.39, 0.29) is 11.4 Å². The molecule has 1 saturated carbocycles. The highest BCUT2D eigenvalue weighted by Crippen LogP contribution is 2.27. The Hall–Kier alpha value is -1.26. The molecular weight excluding hydrogens is 268 g/mol. The molecule has 1 saturated heterocycles. The zero-order chi connectivity index (χ0) is 15.3. The van der Waals surface area contributed by atoms with Crippen molar-refractivity contribution < 1.29 is 14.3 Å². The van der Waals surface area contributed by atoms with Gasteiger partial charge in [-0.1, -0.05) is 38.5 Å². The van der Waals surface area contributed by atoms with Crippen molar-refractivity contribution in [1.29, 1.82) is 0 Å². The van der Waals surface area contributed by atoms with Crippen molar-refractivity contribution in [2.24, 2.45) is 5.92 Å². The summed E-state index contributed by atoms with van der Waals surface area (Å²) in [6, 6.07) is -0.479. The molecule has 0 aromatic rings. The van der Waals surface area contributed by atoms with E-state index in [1.54, 1.807) is 0 Å². The van der Waals surface area contributed by atoms with Crippen LogP contribution in [0.3, 0.4) is 0 Å². The lowest BCUT2D eigenvalue weighted by atomic mass is 9.85. The maximum absolute atomic E-state index is 11.6. The van der Waals surface area contributed by atoms with Gasteiger partial charge in [-0.25, -0.2) is 4.79 Å². The Morgan fingerprint density at radius 2 is 2.00 bits per heavy atom. The monoisotopic (exact) mass is 296 g/mol. The summed E-state index contributed by atoms with van der Waals surface area (Å²) in [6.07, 6.45) is 9.68. The molecule has 0 aromatic heterocycles. The molecule has 5 heteroatoms. The van der Waals surface area contributed by atoms with Gasteiger partial charge in [-0.3, -0.25) is 4.79 Å². The molecule has 0 radical (unpaired) electrons. The number of unbranched alkanes of at least 4 members (excludes halogenated alkanes) is 1. The van der Waals surface area contributed by atoms with Crippen LogP contribution in [0.4, 0.5) is 4.79 Å². The highest BCUT2D eigenvalue weighted by atomic mass is 16.5. The SMILES string of the molecule is CC1(C)NC(=O)[C@H]1NC(=O)OCCCCC1CCCCC1. The van der Waals surface area contributed by atoms with Gasteiger partial charge in [0.15, 0.2) is 0 Å². The number of hydrogen-bond donors (Lipinski definition) is 2. The highest BCUT2D eigenvalue weighted by molar-refractivity contribution is 5.93. The third kappa shape index (κ3) is 4.61. The van der Waals surface area contributed by atoms with Crippen LogP contribution < -0.4 is 10.6 Å². The third-order valence-corrected chi connectivity index (χ3v) is 4.66. The van der Waals surface area contributed by atoms with Crippen molar-refractivity contribution in [2.75, 3.05) is 6.61 Å². The average Bonchev–Trinajstić information content (AvgIpc) is 2.45. The fraction of sp³-hybridized carbons (Fsp3) is 0.875. The van der Waals surface area contributed by atoms with Gasteiger partial charge in [-0.15, -0.1) is 0 Å². The van der Waals surface area contributed by atoms with Gasteiger partial charge in [0.1, 0.15) is 6.04 Å². The Bertz CT molecular complexity index is 376. The number of alkyl carbamates (subject to hydrolysis) is 1. The van der Waals surface area contributed by atoms with Crippen molar-refractivity contribution >= 4 is 12.0 Å². The summed E-state index contributed by atoms with van der Waals surface area (Å²) in [7, 11) is 0. The number of carbonyl (C=O) groups is 2. The van der Waals surface area contributed by atoms with Crippen molar-refractivity contribution in [3.63, 3.8) is 0 Å². The van der Waals surface area contributed by atoms with Gasteiger partial charge >= 0.3 is 6.09 Å². The summed E-state index contributed by atoms with van der Waals surface area (Å²) in [4.78, 5) is 23.0. The Morgan fingerprint density at radius 3 is 2.62 bits per heavy atom. The van der Waals surface area contributed by atoms with Crippen LogP contribution in [0.15, 0.2) is 0 Å². The number of nitrogens with one attached hydrogen (secondary N) is 2. The van der Waals surface area contributed by atoms with E-state index in [9.17, 15) is 9.59 Å². The average molecular weight is 296 g/mol. The first-order chi connectivity index (χ1) is 9.99. The van der Waals surface area contributed by atoms with Gasteiger partial charge < -0.3 is 15.4 Å². The third-order valence-electron chi connectivity index (χ3n) is 4.66. The molecule has 1 aliphatic carbocycles. The molecule has 0 spiro atoms. The van der Waals surface area contributed by atoms with Crippen LogP contribution in [0.5, 0.6) is 0 Å². The second-order valence-corrected chi connectivity index (χ2v) is 6.92. The number of amides is 2. The van der Waals surface area contributed by atoms with E-state index in [1.165, 1.54) is 38.5 Å². The molecule has 2 fully saturated rings. The van der Waals surface area contributed by atoms with Crippen LogP contribution in [0.25, 0.3) is 0 Å². The number of ether oxygens (including phenoxy) is 1. The van der Waals surface area contributed by atoms with Gasteiger partial charge in [-0.2, -0.15) is 0 Å². The molecular formula is C16H28N2O3. The first-order valence-corrected chi connectivity index (χ1v) is 8.24. The molecule has 0 aromatic carbocycles. The van der Waals surface area contributed by atoms with E-state index in [0.29, 0.717) is 6.61 Å². The van der Waals surface area contributed by atoms with E-state index in [2.05, 4.69) is 10.6 Å². The highest BCUT2D eigenvalue weighted by Gasteiger charge is 2.47. The van der Waals surface area contributed by atoms with Crippen LogP contribution in [-0.2, 0) is 9.53 Å². The van der Waals surface area contributed by atoms with Crippen LogP contribution in [0.1, 0.15) is 65.2 Å². The van der Waals surface area contributed by atoms with Crippen LogP contribution >= 0.6 is 0 Å². The van der Waals surface area contributed by atoms with Crippen molar-refractivity contribution in [2.45, 2.75) is 76.8 Å². The summed E-state index contributed by atoms with van der Waals surface area (Å²) in [5.74, 6) is 0.737. The second-order valence-electron chi connectivity index (χ2n) is 6.92. The largest absolute Gasteiger partial charge is 0.450 e. The number of hydrogen-bond acceptors (Lipinski definition) is 3. The first kappa shape index (κ1) is 16.1. The minimum Gasteiger partial charge on any atom is -0.450 e. The smallest absolute Gasteiger partial charge is 0.407 e. The van der Waals surface area contributed by atoms with E-state index >= 15 is 0 Å². The molecule has 2 amide bonds. The molecule has 2 N–H and O–H groups in total. The maximum atomic E-state index is 11.6. The quantitative estimate of drug-likeness (QED) is 0.585. The normalized spacial score (nSPS) is 24.9. The summed E-state index contributed by atoms with van der Waals surface area (Å²) in [5, 5.41) is 5.36. The lowest BCUT2D eigenvalue weighted by molar-refractivity contribution is -0.135. The molecule has 2 aliphatic rings. The molecule has 0 unspecified atom stereocenters. The van der Waals surface area contributed by atoms with E-state index in [1.807, 2.05) is 13.8 Å². The van der Waals surface area contributed by atoms with Gasteiger partial charge in [0.2, 0.25) is 5.91 Å². The summed E-state index contributed by atoms with van der Waals surface area (Å²) >= 11 is 0. The number of rotatable bonds is 6. The molecule has 0 bridgehead atoms. The van der Waals surface area contributed by atoms with Gasteiger partial charge in [0.25, 0.3) is 0 Å². The van der Waals surface area contributed by atoms with Gasteiger partial charge in [0.05, 0.1) is 12.1 Å². The molecule has 21 heavy (non-hydrogen) atoms. The fourth-order valence-corrected chi connectivity index (χ4v) is 3.29. The lowest BCUT2D eigenvalue weighted by Gasteiger charge is -2.43. The van der Waals surface area contributed by atoms with Crippen molar-refractivity contribution in [3.8, 4) is 0 Å². The van der Waals surface area contributed by atoms with E-state index in [0.717, 1.165) is 18.8 Å². The molecule has 1 heterocycles. The topological polar surface area (TPSA) is 67.4 Å². The van der Waals surface area contributed by atoms with E-state index < -0.39 is 12.1 Å². The standard InChI is InChI=1S/C16H28N2O3/c1-16(2)13(14(19)18-16)17-15(20)21-11-7-6-10-12-8-4-3-5-9-12/h12-13H,3-11H2,1-2H3,(H,17,20)(H,18,19)/t13-/m1/s1. The molecule has 2 rings (SSSR count). The van der Waals surface area contributed by atoms with Crippen molar-refractivity contribution in [3.05, 3.63) is 0 Å². The summed E-state index contributed by atoms with van der Waals surface area (Å²) < 4.78 is 5.15. The Labute approximate surface area is 127 Å². The Kier molecular flexibility index (Phi) is 5.48. The lowest BCUT2D eigenvalue weighted by Crippen LogP contribution is -2.75. The zero-order valence-corrected chi connectivity index (χ0v) is 13.2. The Balaban J connectivity index is 1.52. The minimum atomic E-state index is -0.486. The van der Waals surface area contributed by atoms with Gasteiger partial charge in [0, 0.05) is 0 Å². The van der Waals surface area contributed by atoms with Gasteiger partial charge in [-0.05, 0) is 32.6 Å². The molecule has 1 atom stereocenters. The number of carbonyl (C=O) groups excluding carboxylic acids is 2. The van der Waals surface area contributed by atoms with Crippen LogP contribution in [-0.4, -0.2) is 30.2 Å². The molecule has 1 aliphatic heterocycles. The van der Waals surface area contributed by atoms with Crippen LogP contribution in [0, 0.1) is 5.92 Å². The summed E-state index contributed by atoms with van der Waals surface area (Å²) in [6.45, 7) is 4.19. The summed E-state index contributed by atoms with van der Waals surface area (Å²) in [5.41, 5.74) is -0.378. The number of β-lactam (4-membered cyclic amide) rings is 1. The zero-order valence-electron chi connectivity index (χ0n) is 13.2. The second kappa shape index (κ2) is 7.14. The predicted molar refractivity (Wildman–Crippen MR) is 80.9 cm³/mol. The maximum Gasteiger partial charge on any atom is 0.407 e. The molecule has 5 nitrogen and oxygen atoms in total. The van der Waals surface area contributed by atoms with E-state index in [4.69, 9.17) is 4.74 Å². The Morgan fingerprint density at radius 1 is 1.29 bits per heavy atom.